The van der Waals surface area contributed by atoms with Gasteiger partial charge in [0.15, 0.2) is 0 Å². The molecule has 3 aromatic heterocycles. The fourth-order valence-corrected chi connectivity index (χ4v) is 3.82. The quantitative estimate of drug-likeness (QED) is 0.561. The summed E-state index contributed by atoms with van der Waals surface area (Å²) in [5, 5.41) is 8.03. The summed E-state index contributed by atoms with van der Waals surface area (Å²) in [6.45, 7) is 0. The SMILES string of the molecule is Cn1cc(-c2cnc3cnn(S(=O)(=O)c4cccc(F)c4)c3c2)cn1. The number of hydrogen-bond donors (Lipinski definition) is 0. The maximum Gasteiger partial charge on any atom is 0.283 e. The Morgan fingerprint density at radius 1 is 1.04 bits per heavy atom. The maximum atomic E-state index is 13.4. The molecule has 0 radical (unpaired) electrons. The van der Waals surface area contributed by atoms with Gasteiger partial charge in [0.25, 0.3) is 10.0 Å². The molecule has 0 fully saturated rings. The molecule has 0 saturated heterocycles. The second kappa shape index (κ2) is 5.49. The van der Waals surface area contributed by atoms with E-state index in [4.69, 9.17) is 0 Å². The fraction of sp³-hybridized carbons (Fsp3) is 0.0625. The first kappa shape index (κ1) is 15.5. The predicted molar refractivity (Wildman–Crippen MR) is 88.7 cm³/mol. The van der Waals surface area contributed by atoms with Crippen LogP contribution >= 0.6 is 0 Å². The molecular formula is C16H12FN5O2S. The maximum absolute atomic E-state index is 13.4. The zero-order chi connectivity index (χ0) is 17.6. The normalized spacial score (nSPS) is 11.9. The molecule has 0 N–H and O–H groups in total. The van der Waals surface area contributed by atoms with E-state index in [0.29, 0.717) is 16.6 Å². The number of nitrogens with zero attached hydrogens (tertiary/aromatic N) is 5. The van der Waals surface area contributed by atoms with Gasteiger partial charge < -0.3 is 0 Å². The summed E-state index contributed by atoms with van der Waals surface area (Å²) in [6.07, 6.45) is 6.44. The lowest BCUT2D eigenvalue weighted by atomic mass is 10.1. The molecule has 126 valence electrons. The lowest BCUT2D eigenvalue weighted by Gasteiger charge is -2.06. The Kier molecular flexibility index (Phi) is 3.39. The lowest BCUT2D eigenvalue weighted by molar-refractivity contribution is 0.578. The number of rotatable bonds is 3. The molecule has 7 nitrogen and oxygen atoms in total. The van der Waals surface area contributed by atoms with Gasteiger partial charge in [-0.1, -0.05) is 6.07 Å². The Balaban J connectivity index is 1.90. The van der Waals surface area contributed by atoms with E-state index in [0.717, 1.165) is 15.7 Å². The molecule has 1 aromatic carbocycles. The summed E-state index contributed by atoms with van der Waals surface area (Å²) in [7, 11) is -2.25. The largest absolute Gasteiger partial charge is 0.283 e. The highest BCUT2D eigenvalue weighted by molar-refractivity contribution is 7.90. The Hall–Kier alpha value is -3.07. The van der Waals surface area contributed by atoms with E-state index in [1.807, 2.05) is 0 Å². The van der Waals surface area contributed by atoms with Crippen molar-refractivity contribution in [1.29, 1.82) is 0 Å². The minimum atomic E-state index is -4.03. The van der Waals surface area contributed by atoms with Crippen molar-refractivity contribution in [3.63, 3.8) is 0 Å². The van der Waals surface area contributed by atoms with Crippen LogP contribution in [0.25, 0.3) is 22.2 Å². The highest BCUT2D eigenvalue weighted by Crippen LogP contribution is 2.24. The first-order valence-corrected chi connectivity index (χ1v) is 8.73. The average molecular weight is 357 g/mol. The number of hydrogen-bond acceptors (Lipinski definition) is 5. The van der Waals surface area contributed by atoms with Crippen molar-refractivity contribution in [2.75, 3.05) is 0 Å². The highest BCUT2D eigenvalue weighted by atomic mass is 32.2. The van der Waals surface area contributed by atoms with Crippen LogP contribution in [0.1, 0.15) is 0 Å². The van der Waals surface area contributed by atoms with E-state index < -0.39 is 15.8 Å². The Morgan fingerprint density at radius 3 is 2.60 bits per heavy atom. The number of pyridine rings is 1. The monoisotopic (exact) mass is 357 g/mol. The molecule has 4 rings (SSSR count). The highest BCUT2D eigenvalue weighted by Gasteiger charge is 2.21. The zero-order valence-electron chi connectivity index (χ0n) is 13.0. The van der Waals surface area contributed by atoms with Crippen LogP contribution in [-0.2, 0) is 17.1 Å². The van der Waals surface area contributed by atoms with Crippen molar-refractivity contribution >= 4 is 21.1 Å². The van der Waals surface area contributed by atoms with E-state index >= 15 is 0 Å². The third kappa shape index (κ3) is 2.58. The van der Waals surface area contributed by atoms with Gasteiger partial charge in [0.05, 0.1) is 17.3 Å². The van der Waals surface area contributed by atoms with Gasteiger partial charge in [-0.25, -0.2) is 4.39 Å². The molecule has 0 aliphatic rings. The molecule has 0 bridgehead atoms. The number of aryl methyl sites for hydroxylation is 1. The molecule has 0 saturated carbocycles. The van der Waals surface area contributed by atoms with Gasteiger partial charge in [-0.15, -0.1) is 0 Å². The first-order valence-electron chi connectivity index (χ1n) is 7.29. The number of halogens is 1. The van der Waals surface area contributed by atoms with Crippen molar-refractivity contribution in [3.05, 3.63) is 60.9 Å². The second-order valence-electron chi connectivity index (χ2n) is 5.48. The standard InChI is InChI=1S/C16H12FN5O2S/c1-21-10-12(8-19-21)11-5-16-15(18-7-11)9-20-22(16)25(23,24)14-4-2-3-13(17)6-14/h2-10H,1H3. The topological polar surface area (TPSA) is 82.7 Å². The summed E-state index contributed by atoms with van der Waals surface area (Å²) in [5.41, 5.74) is 2.24. The van der Waals surface area contributed by atoms with Crippen molar-refractivity contribution in [3.8, 4) is 11.1 Å². The van der Waals surface area contributed by atoms with Crippen molar-refractivity contribution in [1.82, 2.24) is 24.0 Å². The van der Waals surface area contributed by atoms with Gasteiger partial charge in [0.2, 0.25) is 0 Å². The molecule has 25 heavy (non-hydrogen) atoms. The molecule has 0 spiro atoms. The van der Waals surface area contributed by atoms with Crippen LogP contribution in [0.3, 0.4) is 0 Å². The Bertz CT molecular complexity index is 1200. The summed E-state index contributed by atoms with van der Waals surface area (Å²) in [5.74, 6) is -0.633. The van der Waals surface area contributed by atoms with E-state index in [-0.39, 0.29) is 4.90 Å². The smallest absolute Gasteiger partial charge is 0.275 e. The van der Waals surface area contributed by atoms with Crippen LogP contribution in [-0.4, -0.2) is 32.4 Å². The van der Waals surface area contributed by atoms with Crippen molar-refractivity contribution in [2.45, 2.75) is 4.90 Å². The fourth-order valence-electron chi connectivity index (χ4n) is 2.53. The van der Waals surface area contributed by atoms with Crippen molar-refractivity contribution < 1.29 is 12.8 Å². The Labute approximate surface area is 142 Å². The minimum absolute atomic E-state index is 0.177. The molecule has 0 aliphatic heterocycles. The van der Waals surface area contributed by atoms with Crippen LogP contribution in [0.4, 0.5) is 4.39 Å². The van der Waals surface area contributed by atoms with Crippen molar-refractivity contribution in [2.24, 2.45) is 7.05 Å². The third-order valence-electron chi connectivity index (χ3n) is 3.75. The second-order valence-corrected chi connectivity index (χ2v) is 7.25. The Morgan fingerprint density at radius 2 is 1.88 bits per heavy atom. The van der Waals surface area contributed by atoms with E-state index in [1.54, 1.807) is 36.4 Å². The number of benzene rings is 1. The van der Waals surface area contributed by atoms with Crippen LogP contribution in [0.2, 0.25) is 0 Å². The van der Waals surface area contributed by atoms with Crippen LogP contribution in [0.5, 0.6) is 0 Å². The lowest BCUT2D eigenvalue weighted by Crippen LogP contribution is -2.14. The summed E-state index contributed by atoms with van der Waals surface area (Å²) in [4.78, 5) is 4.08. The van der Waals surface area contributed by atoms with Gasteiger partial charge in [0, 0.05) is 30.6 Å². The molecule has 3 heterocycles. The minimum Gasteiger partial charge on any atom is -0.275 e. The van der Waals surface area contributed by atoms with Crippen LogP contribution in [0, 0.1) is 5.82 Å². The van der Waals surface area contributed by atoms with Gasteiger partial charge in [-0.05, 0) is 24.3 Å². The molecule has 0 amide bonds. The van der Waals surface area contributed by atoms with E-state index in [1.165, 1.54) is 24.4 Å². The summed E-state index contributed by atoms with van der Waals surface area (Å²) >= 11 is 0. The molecule has 4 aromatic rings. The van der Waals surface area contributed by atoms with E-state index in [2.05, 4.69) is 15.2 Å². The molecule has 0 unspecified atom stereocenters. The third-order valence-corrected chi connectivity index (χ3v) is 5.34. The molecule has 9 heteroatoms. The van der Waals surface area contributed by atoms with Gasteiger partial charge in [0.1, 0.15) is 16.9 Å². The number of aromatic nitrogens is 5. The molecule has 0 aliphatic carbocycles. The number of fused-ring (bicyclic) bond motifs is 1. The van der Waals surface area contributed by atoms with Crippen LogP contribution < -0.4 is 0 Å². The summed E-state index contributed by atoms with van der Waals surface area (Å²) < 4.78 is 41.5. The molecular weight excluding hydrogens is 345 g/mol. The van der Waals surface area contributed by atoms with Gasteiger partial charge >= 0.3 is 0 Å². The first-order chi connectivity index (χ1) is 11.9. The summed E-state index contributed by atoms with van der Waals surface area (Å²) in [6, 6.07) is 6.48. The van der Waals surface area contributed by atoms with Gasteiger partial charge in [-0.2, -0.15) is 22.7 Å². The molecule has 0 atom stereocenters. The average Bonchev–Trinajstić information content (AvgIpc) is 3.20. The predicted octanol–water partition coefficient (Wildman–Crippen LogP) is 2.21. The zero-order valence-corrected chi connectivity index (χ0v) is 13.9. The van der Waals surface area contributed by atoms with E-state index in [9.17, 15) is 12.8 Å². The van der Waals surface area contributed by atoms with Crippen LogP contribution in [0.15, 0.2) is 60.0 Å². The van der Waals surface area contributed by atoms with Gasteiger partial charge in [-0.3, -0.25) is 9.67 Å².